The van der Waals surface area contributed by atoms with E-state index in [9.17, 15) is 19.7 Å². The quantitative estimate of drug-likeness (QED) is 0.617. The summed E-state index contributed by atoms with van der Waals surface area (Å²) in [6.07, 6.45) is 0. The van der Waals surface area contributed by atoms with Gasteiger partial charge in [0.25, 0.3) is 5.69 Å². The van der Waals surface area contributed by atoms with Crippen molar-refractivity contribution in [1.29, 1.82) is 0 Å². The smallest absolute Gasteiger partial charge is 0.337 e. The molecule has 120 valence electrons. The van der Waals surface area contributed by atoms with Crippen molar-refractivity contribution in [3.05, 3.63) is 73.7 Å². The highest BCUT2D eigenvalue weighted by molar-refractivity contribution is 9.10. The molecule has 0 amide bonds. The van der Waals surface area contributed by atoms with Gasteiger partial charge in [-0.15, -0.1) is 0 Å². The third kappa shape index (κ3) is 4.89. The van der Waals surface area contributed by atoms with Crippen LogP contribution in [0.1, 0.15) is 26.3 Å². The van der Waals surface area contributed by atoms with Gasteiger partial charge in [-0.05, 0) is 40.5 Å². The molecule has 0 heterocycles. The molecule has 2 aromatic rings. The number of non-ortho nitro benzene ring substituents is 1. The van der Waals surface area contributed by atoms with Crippen LogP contribution < -0.4 is 0 Å². The van der Waals surface area contributed by atoms with E-state index in [2.05, 4.69) is 15.9 Å². The number of carboxylic acid groups (broad SMARTS) is 2. The van der Waals surface area contributed by atoms with E-state index in [1.165, 1.54) is 31.2 Å². The minimum absolute atomic E-state index is 0.00519. The molecule has 23 heavy (non-hydrogen) atoms. The first-order valence-electron chi connectivity index (χ1n) is 6.20. The normalized spacial score (nSPS) is 9.48. The van der Waals surface area contributed by atoms with E-state index in [0.717, 1.165) is 0 Å². The largest absolute Gasteiger partial charge is 0.478 e. The Bertz CT molecular complexity index is 745. The fraction of sp³-hybridized carbons (Fsp3) is 0.0667. The van der Waals surface area contributed by atoms with Crippen LogP contribution in [0, 0.1) is 17.0 Å². The molecule has 0 atom stereocenters. The molecular weight excluding hydrogens is 370 g/mol. The molecule has 0 fully saturated rings. The highest BCUT2D eigenvalue weighted by atomic mass is 79.9. The maximum Gasteiger partial charge on any atom is 0.337 e. The molecule has 0 saturated heterocycles. The predicted molar refractivity (Wildman–Crippen MR) is 85.9 cm³/mol. The van der Waals surface area contributed by atoms with Crippen LogP contribution in [-0.2, 0) is 0 Å². The Morgan fingerprint density at radius 3 is 2.00 bits per heavy atom. The molecule has 0 bridgehead atoms. The Labute approximate surface area is 139 Å². The molecule has 0 aliphatic heterocycles. The van der Waals surface area contributed by atoms with Crippen molar-refractivity contribution < 1.29 is 24.7 Å². The van der Waals surface area contributed by atoms with Crippen molar-refractivity contribution >= 4 is 33.6 Å². The van der Waals surface area contributed by atoms with Gasteiger partial charge in [-0.2, -0.15) is 0 Å². The fourth-order valence-electron chi connectivity index (χ4n) is 1.72. The van der Waals surface area contributed by atoms with Crippen molar-refractivity contribution in [2.75, 3.05) is 0 Å². The number of aromatic carboxylic acids is 2. The number of benzene rings is 2. The van der Waals surface area contributed by atoms with Gasteiger partial charge in [-0.1, -0.05) is 18.2 Å². The Kier molecular flexibility index (Phi) is 6.40. The van der Waals surface area contributed by atoms with Crippen molar-refractivity contribution in [2.45, 2.75) is 6.92 Å². The predicted octanol–water partition coefficient (Wildman–Crippen LogP) is 3.75. The molecule has 0 spiro atoms. The zero-order valence-electron chi connectivity index (χ0n) is 11.9. The molecule has 0 aromatic heterocycles. The number of nitro groups is 1. The molecule has 7 nitrogen and oxygen atoms in total. The molecule has 8 heteroatoms. The summed E-state index contributed by atoms with van der Waals surface area (Å²) in [6.45, 7) is 1.47. The molecule has 0 unspecified atom stereocenters. The number of carbonyl (C=O) groups is 2. The molecule has 0 aliphatic rings. The van der Waals surface area contributed by atoms with Gasteiger partial charge in [0.05, 0.1) is 16.1 Å². The summed E-state index contributed by atoms with van der Waals surface area (Å²) in [5.41, 5.74) is 0.382. The van der Waals surface area contributed by atoms with E-state index >= 15 is 0 Å². The average Bonchev–Trinajstić information content (AvgIpc) is 2.48. The lowest BCUT2D eigenvalue weighted by Gasteiger charge is -2.06. The highest BCUT2D eigenvalue weighted by Gasteiger charge is 2.17. The summed E-state index contributed by atoms with van der Waals surface area (Å²) in [5.74, 6) is -2.27. The van der Waals surface area contributed by atoms with Crippen LogP contribution in [0.2, 0.25) is 0 Å². The topological polar surface area (TPSA) is 118 Å². The van der Waals surface area contributed by atoms with Gasteiger partial charge in [-0.3, -0.25) is 10.1 Å². The second kappa shape index (κ2) is 8.04. The molecule has 0 saturated carbocycles. The Morgan fingerprint density at radius 1 is 1.04 bits per heavy atom. The van der Waals surface area contributed by atoms with Crippen LogP contribution in [-0.4, -0.2) is 27.1 Å². The lowest BCUT2D eigenvalue weighted by Crippen LogP contribution is -2.07. The van der Waals surface area contributed by atoms with Gasteiger partial charge in [-0.25, -0.2) is 9.59 Å². The molecule has 0 radical (unpaired) electrons. The van der Waals surface area contributed by atoms with Crippen LogP contribution >= 0.6 is 15.9 Å². The van der Waals surface area contributed by atoms with Gasteiger partial charge in [0, 0.05) is 16.6 Å². The number of para-hydroxylation sites is 1. The van der Waals surface area contributed by atoms with Crippen LogP contribution in [0.5, 0.6) is 0 Å². The van der Waals surface area contributed by atoms with Crippen molar-refractivity contribution in [1.82, 2.24) is 0 Å². The van der Waals surface area contributed by atoms with E-state index < -0.39 is 16.9 Å². The molecule has 2 N–H and O–H groups in total. The number of nitro benzene ring substituents is 1. The summed E-state index contributed by atoms with van der Waals surface area (Å²) in [7, 11) is 0. The van der Waals surface area contributed by atoms with E-state index in [4.69, 9.17) is 10.2 Å². The minimum atomic E-state index is -1.14. The van der Waals surface area contributed by atoms with E-state index in [-0.39, 0.29) is 22.4 Å². The molecular formula is C15H12BrNO6. The third-order valence-corrected chi connectivity index (χ3v) is 3.49. The summed E-state index contributed by atoms with van der Waals surface area (Å²) in [5, 5.41) is 27.6. The maximum atomic E-state index is 10.8. The summed E-state index contributed by atoms with van der Waals surface area (Å²) in [4.78, 5) is 31.1. The van der Waals surface area contributed by atoms with E-state index in [1.807, 2.05) is 0 Å². The summed E-state index contributed by atoms with van der Waals surface area (Å²) in [6, 6.07) is 10.7. The van der Waals surface area contributed by atoms with Crippen LogP contribution in [0.4, 0.5) is 5.69 Å². The minimum Gasteiger partial charge on any atom is -0.478 e. The van der Waals surface area contributed by atoms with Crippen LogP contribution in [0.15, 0.2) is 46.9 Å². The number of nitrogens with zero attached hydrogens (tertiary/aromatic N) is 1. The first-order valence-corrected chi connectivity index (χ1v) is 7.00. The summed E-state index contributed by atoms with van der Waals surface area (Å²) < 4.78 is 0.382. The van der Waals surface area contributed by atoms with Crippen molar-refractivity contribution in [2.24, 2.45) is 0 Å². The molecule has 2 rings (SSSR count). The zero-order valence-corrected chi connectivity index (χ0v) is 13.5. The SMILES string of the molecule is Cc1c(C(=O)O)ccc(Br)c1C(=O)O.O=[N+]([O-])c1ccccc1. The number of hydrogen-bond acceptors (Lipinski definition) is 4. The Hall–Kier alpha value is -2.74. The number of rotatable bonds is 3. The maximum absolute atomic E-state index is 10.8. The van der Waals surface area contributed by atoms with Gasteiger partial charge in [0.1, 0.15) is 0 Å². The van der Waals surface area contributed by atoms with Crippen molar-refractivity contribution in [3.8, 4) is 0 Å². The second-order valence-electron chi connectivity index (χ2n) is 4.30. The number of carboxylic acids is 2. The van der Waals surface area contributed by atoms with E-state index in [1.54, 1.807) is 18.2 Å². The number of hydrogen-bond donors (Lipinski definition) is 2. The monoisotopic (exact) mass is 381 g/mol. The van der Waals surface area contributed by atoms with Gasteiger partial charge in [0.15, 0.2) is 0 Å². The highest BCUT2D eigenvalue weighted by Crippen LogP contribution is 2.23. The average molecular weight is 382 g/mol. The van der Waals surface area contributed by atoms with Gasteiger partial charge < -0.3 is 10.2 Å². The van der Waals surface area contributed by atoms with Gasteiger partial charge in [0.2, 0.25) is 0 Å². The lowest BCUT2D eigenvalue weighted by molar-refractivity contribution is -0.384. The Morgan fingerprint density at radius 2 is 1.61 bits per heavy atom. The first kappa shape index (κ1) is 18.3. The zero-order chi connectivity index (χ0) is 17.6. The Balaban J connectivity index is 0.000000253. The standard InChI is InChI=1S/C9H7BrO4.C6H5NO2/c1-4-5(8(11)12)2-3-6(10)7(4)9(13)14;8-7(9)6-4-2-1-3-5-6/h2-3H,1H3,(H,11,12)(H,13,14);1-5H. The molecule has 2 aromatic carbocycles. The second-order valence-corrected chi connectivity index (χ2v) is 5.15. The lowest BCUT2D eigenvalue weighted by atomic mass is 10.0. The fourth-order valence-corrected chi connectivity index (χ4v) is 2.32. The van der Waals surface area contributed by atoms with Crippen LogP contribution in [0.3, 0.4) is 0 Å². The van der Waals surface area contributed by atoms with Gasteiger partial charge >= 0.3 is 11.9 Å². The first-order chi connectivity index (χ1) is 10.8. The molecule has 0 aliphatic carbocycles. The van der Waals surface area contributed by atoms with E-state index in [0.29, 0.717) is 4.47 Å². The number of halogens is 1. The van der Waals surface area contributed by atoms with Crippen LogP contribution in [0.25, 0.3) is 0 Å². The third-order valence-electron chi connectivity index (χ3n) is 2.83. The summed E-state index contributed by atoms with van der Waals surface area (Å²) >= 11 is 3.06. The van der Waals surface area contributed by atoms with Crippen molar-refractivity contribution in [3.63, 3.8) is 0 Å².